The van der Waals surface area contributed by atoms with Gasteiger partial charge >= 0.3 is 0 Å². The summed E-state index contributed by atoms with van der Waals surface area (Å²) in [6.45, 7) is 0. The van der Waals surface area contributed by atoms with Gasteiger partial charge in [-0.3, -0.25) is 20.2 Å². The van der Waals surface area contributed by atoms with Crippen LogP contribution < -0.4 is 14.8 Å². The van der Waals surface area contributed by atoms with Gasteiger partial charge < -0.3 is 9.47 Å². The first-order chi connectivity index (χ1) is 15.3. The van der Waals surface area contributed by atoms with Crippen molar-refractivity contribution in [3.8, 4) is 22.8 Å². The first-order valence-corrected chi connectivity index (χ1v) is 10.5. The van der Waals surface area contributed by atoms with Crippen LogP contribution in [0.15, 0.2) is 35.7 Å². The van der Waals surface area contributed by atoms with E-state index in [-0.39, 0.29) is 23.0 Å². The minimum atomic E-state index is -0.776. The average molecular weight is 494 g/mol. The van der Waals surface area contributed by atoms with Crippen LogP contribution in [0.3, 0.4) is 0 Å². The summed E-state index contributed by atoms with van der Waals surface area (Å²) in [5, 5.41) is 21.0. The highest BCUT2D eigenvalue weighted by atomic mass is 35.5. The predicted molar refractivity (Wildman–Crippen MR) is 120 cm³/mol. The van der Waals surface area contributed by atoms with E-state index in [9.17, 15) is 14.9 Å². The van der Waals surface area contributed by atoms with Crippen LogP contribution in [0.25, 0.3) is 16.2 Å². The number of aromatic nitrogens is 3. The van der Waals surface area contributed by atoms with Crippen molar-refractivity contribution in [2.24, 2.45) is 0 Å². The lowest BCUT2D eigenvalue weighted by atomic mass is 10.1. The van der Waals surface area contributed by atoms with Gasteiger partial charge in [0.1, 0.15) is 5.56 Å². The SMILES string of the molecule is COc1cc(C(=O)Nc2nc3scc(-c4ccc(Cl)cc4Cl)n3n2)c([N+](=O)[O-])cc1OC. The number of carbonyl (C=O) groups excluding carboxylic acids is 1. The van der Waals surface area contributed by atoms with E-state index in [4.69, 9.17) is 32.7 Å². The second kappa shape index (κ2) is 8.61. The highest BCUT2D eigenvalue weighted by Gasteiger charge is 2.26. The summed E-state index contributed by atoms with van der Waals surface area (Å²) < 4.78 is 11.7. The van der Waals surface area contributed by atoms with E-state index < -0.39 is 16.5 Å². The van der Waals surface area contributed by atoms with Crippen LogP contribution in [0, 0.1) is 10.1 Å². The van der Waals surface area contributed by atoms with Gasteiger partial charge in [-0.2, -0.15) is 4.98 Å². The summed E-state index contributed by atoms with van der Waals surface area (Å²) in [5.74, 6) is -0.512. The van der Waals surface area contributed by atoms with Crippen LogP contribution in [-0.4, -0.2) is 39.6 Å². The van der Waals surface area contributed by atoms with Crippen molar-refractivity contribution in [1.29, 1.82) is 0 Å². The van der Waals surface area contributed by atoms with E-state index in [0.29, 0.717) is 26.3 Å². The van der Waals surface area contributed by atoms with Crippen LogP contribution in [0.4, 0.5) is 11.6 Å². The molecule has 0 atom stereocenters. The zero-order chi connectivity index (χ0) is 23.0. The molecular weight excluding hydrogens is 481 g/mol. The monoisotopic (exact) mass is 493 g/mol. The Kier molecular flexibility index (Phi) is 5.87. The lowest BCUT2D eigenvalue weighted by molar-refractivity contribution is -0.385. The van der Waals surface area contributed by atoms with E-state index in [2.05, 4.69) is 15.4 Å². The molecule has 164 valence electrons. The van der Waals surface area contributed by atoms with Gasteiger partial charge in [0.2, 0.25) is 4.96 Å². The molecule has 0 fully saturated rings. The number of halogens is 2. The lowest BCUT2D eigenvalue weighted by Crippen LogP contribution is -2.15. The summed E-state index contributed by atoms with van der Waals surface area (Å²) in [6, 6.07) is 7.40. The van der Waals surface area contributed by atoms with Crippen molar-refractivity contribution in [1.82, 2.24) is 14.6 Å². The Morgan fingerprint density at radius 2 is 1.91 bits per heavy atom. The Labute approximate surface area is 194 Å². The molecule has 32 heavy (non-hydrogen) atoms. The topological polar surface area (TPSA) is 121 Å². The number of nitrogens with zero attached hydrogens (tertiary/aromatic N) is 4. The zero-order valence-corrected chi connectivity index (χ0v) is 18.8. The molecule has 0 radical (unpaired) electrons. The quantitative estimate of drug-likeness (QED) is 0.298. The Morgan fingerprint density at radius 1 is 1.19 bits per heavy atom. The maximum absolute atomic E-state index is 12.8. The zero-order valence-electron chi connectivity index (χ0n) is 16.5. The number of fused-ring (bicyclic) bond motifs is 1. The summed E-state index contributed by atoms with van der Waals surface area (Å²) in [7, 11) is 2.70. The largest absolute Gasteiger partial charge is 0.493 e. The minimum Gasteiger partial charge on any atom is -0.493 e. The summed E-state index contributed by atoms with van der Waals surface area (Å²) >= 11 is 13.5. The first-order valence-electron chi connectivity index (χ1n) is 8.83. The summed E-state index contributed by atoms with van der Waals surface area (Å²) in [6.07, 6.45) is 0. The van der Waals surface area contributed by atoms with Gasteiger partial charge in [0.25, 0.3) is 17.5 Å². The number of nitro benzene ring substituents is 1. The standard InChI is InChI=1S/C19H13Cl2N5O5S/c1-30-15-6-11(13(26(28)29)7-16(15)31-2)17(27)22-18-23-19-25(24-18)14(8-32-19)10-4-3-9(20)5-12(10)21/h3-8H,1-2H3,(H,22,24,27). The number of hydrogen-bond donors (Lipinski definition) is 1. The van der Waals surface area contributed by atoms with Gasteiger partial charge in [-0.05, 0) is 18.2 Å². The maximum Gasteiger partial charge on any atom is 0.286 e. The average Bonchev–Trinajstić information content (AvgIpc) is 3.33. The van der Waals surface area contributed by atoms with Crippen LogP contribution in [0.5, 0.6) is 11.5 Å². The second-order valence-corrected chi connectivity index (χ2v) is 7.99. The molecule has 10 nitrogen and oxygen atoms in total. The molecule has 0 unspecified atom stereocenters. The number of nitro groups is 1. The molecule has 0 saturated heterocycles. The molecule has 1 N–H and O–H groups in total. The number of methoxy groups -OCH3 is 2. The van der Waals surface area contributed by atoms with E-state index in [1.54, 1.807) is 18.2 Å². The molecule has 13 heteroatoms. The number of anilines is 1. The van der Waals surface area contributed by atoms with Crippen LogP contribution in [0.1, 0.15) is 10.4 Å². The number of benzene rings is 2. The number of carbonyl (C=O) groups is 1. The fraction of sp³-hybridized carbons (Fsp3) is 0.105. The predicted octanol–water partition coefficient (Wildman–Crippen LogP) is 4.94. The number of thiazole rings is 1. The molecule has 4 aromatic rings. The highest BCUT2D eigenvalue weighted by molar-refractivity contribution is 7.15. The van der Waals surface area contributed by atoms with Gasteiger partial charge in [0.15, 0.2) is 11.5 Å². The first kappa shape index (κ1) is 21.8. The number of rotatable bonds is 6. The van der Waals surface area contributed by atoms with Crippen LogP contribution >= 0.6 is 34.5 Å². The highest BCUT2D eigenvalue weighted by Crippen LogP contribution is 2.35. The Balaban J connectivity index is 1.69. The van der Waals surface area contributed by atoms with Crippen molar-refractivity contribution >= 4 is 57.0 Å². The molecule has 4 rings (SSSR count). The van der Waals surface area contributed by atoms with E-state index in [1.807, 2.05) is 5.38 Å². The van der Waals surface area contributed by atoms with Gasteiger partial charge in [-0.1, -0.05) is 23.2 Å². The fourth-order valence-electron chi connectivity index (χ4n) is 2.99. The third-order valence-corrected chi connectivity index (χ3v) is 5.82. The molecule has 0 aliphatic rings. The van der Waals surface area contributed by atoms with Crippen molar-refractivity contribution in [2.45, 2.75) is 0 Å². The molecule has 0 saturated carbocycles. The number of amides is 1. The molecule has 1 amide bonds. The van der Waals surface area contributed by atoms with Crippen molar-refractivity contribution in [3.63, 3.8) is 0 Å². The Bertz CT molecular complexity index is 1370. The molecule has 0 aliphatic heterocycles. The molecule has 0 bridgehead atoms. The van der Waals surface area contributed by atoms with Crippen molar-refractivity contribution in [2.75, 3.05) is 19.5 Å². The van der Waals surface area contributed by atoms with Crippen LogP contribution in [0.2, 0.25) is 10.0 Å². The van der Waals surface area contributed by atoms with Gasteiger partial charge in [-0.25, -0.2) is 4.52 Å². The van der Waals surface area contributed by atoms with Gasteiger partial charge in [-0.15, -0.1) is 16.4 Å². The molecule has 0 aliphatic carbocycles. The van der Waals surface area contributed by atoms with Crippen molar-refractivity contribution < 1.29 is 19.2 Å². The molecular formula is C19H13Cl2N5O5S. The third kappa shape index (κ3) is 3.93. The summed E-state index contributed by atoms with van der Waals surface area (Å²) in [4.78, 5) is 28.4. The van der Waals surface area contributed by atoms with Gasteiger partial charge in [0.05, 0.1) is 35.9 Å². The smallest absolute Gasteiger partial charge is 0.286 e. The number of hydrogen-bond acceptors (Lipinski definition) is 8. The second-order valence-electron chi connectivity index (χ2n) is 6.31. The minimum absolute atomic E-state index is 0.0303. The van der Waals surface area contributed by atoms with E-state index >= 15 is 0 Å². The van der Waals surface area contributed by atoms with E-state index in [1.165, 1.54) is 36.1 Å². The number of nitrogens with one attached hydrogen (secondary N) is 1. The van der Waals surface area contributed by atoms with Crippen molar-refractivity contribution in [3.05, 3.63) is 61.4 Å². The third-order valence-electron chi connectivity index (χ3n) is 4.46. The molecule has 2 aromatic heterocycles. The van der Waals surface area contributed by atoms with Gasteiger partial charge in [0, 0.05) is 22.0 Å². The Morgan fingerprint density at radius 3 is 2.56 bits per heavy atom. The lowest BCUT2D eigenvalue weighted by Gasteiger charge is -2.10. The summed E-state index contributed by atoms with van der Waals surface area (Å²) in [5.41, 5.74) is 0.652. The van der Waals surface area contributed by atoms with E-state index in [0.717, 1.165) is 6.07 Å². The fourth-order valence-corrected chi connectivity index (χ4v) is 4.31. The number of ether oxygens (including phenoxy) is 2. The molecule has 2 aromatic carbocycles. The normalized spacial score (nSPS) is 10.9. The maximum atomic E-state index is 12.8. The molecule has 2 heterocycles. The van der Waals surface area contributed by atoms with Crippen LogP contribution in [-0.2, 0) is 0 Å². The molecule has 0 spiro atoms. The Hall–Kier alpha value is -3.41.